The maximum atomic E-state index is 12.6. The molecule has 2 N–H and O–H groups in total. The van der Waals surface area contributed by atoms with Crippen LogP contribution in [-0.2, 0) is 10.9 Å². The van der Waals surface area contributed by atoms with Crippen LogP contribution >= 0.6 is 0 Å². The average Bonchev–Trinajstić information content (AvgIpc) is 2.46. The summed E-state index contributed by atoms with van der Waals surface area (Å²) in [5, 5.41) is 0. The molecule has 1 unspecified atom stereocenters. The molecule has 0 saturated carbocycles. The van der Waals surface area contributed by atoms with E-state index in [1.54, 1.807) is 0 Å². The third-order valence-corrected chi connectivity index (χ3v) is 3.13. The van der Waals surface area contributed by atoms with Crippen LogP contribution in [0.4, 0.5) is 13.2 Å². The van der Waals surface area contributed by atoms with Crippen molar-refractivity contribution in [2.24, 2.45) is 5.73 Å². The SMILES string of the molecule is NCC1CN(C(=O)c2cccc(C(F)(F)F)c2)CCO1. The Morgan fingerprint density at radius 1 is 1.45 bits per heavy atom. The van der Waals surface area contributed by atoms with Gasteiger partial charge in [0.15, 0.2) is 0 Å². The van der Waals surface area contributed by atoms with Gasteiger partial charge in [-0.1, -0.05) is 6.07 Å². The predicted molar refractivity (Wildman–Crippen MR) is 66.1 cm³/mol. The summed E-state index contributed by atoms with van der Waals surface area (Å²) in [5.74, 6) is -0.433. The van der Waals surface area contributed by atoms with E-state index < -0.39 is 17.6 Å². The van der Waals surface area contributed by atoms with Crippen molar-refractivity contribution >= 4 is 5.91 Å². The number of amides is 1. The topological polar surface area (TPSA) is 55.6 Å². The van der Waals surface area contributed by atoms with Crippen molar-refractivity contribution in [3.63, 3.8) is 0 Å². The molecule has 20 heavy (non-hydrogen) atoms. The van der Waals surface area contributed by atoms with Gasteiger partial charge in [-0.15, -0.1) is 0 Å². The normalized spacial score (nSPS) is 20.0. The van der Waals surface area contributed by atoms with Crippen LogP contribution < -0.4 is 5.73 Å². The van der Waals surface area contributed by atoms with Gasteiger partial charge in [-0.05, 0) is 18.2 Å². The molecule has 0 aliphatic carbocycles. The predicted octanol–water partition coefficient (Wildman–Crippen LogP) is 1.51. The summed E-state index contributed by atoms with van der Waals surface area (Å²) < 4.78 is 43.2. The molecule has 110 valence electrons. The van der Waals surface area contributed by atoms with Crippen molar-refractivity contribution in [3.8, 4) is 0 Å². The van der Waals surface area contributed by atoms with Crippen LogP contribution in [0.15, 0.2) is 24.3 Å². The highest BCUT2D eigenvalue weighted by atomic mass is 19.4. The van der Waals surface area contributed by atoms with E-state index in [4.69, 9.17) is 10.5 Å². The number of hydrogen-bond donors (Lipinski definition) is 1. The van der Waals surface area contributed by atoms with Gasteiger partial charge in [-0.3, -0.25) is 4.79 Å². The van der Waals surface area contributed by atoms with Crippen LogP contribution in [0.25, 0.3) is 0 Å². The maximum Gasteiger partial charge on any atom is 0.416 e. The van der Waals surface area contributed by atoms with E-state index in [1.807, 2.05) is 0 Å². The number of carbonyl (C=O) groups is 1. The molecular formula is C13H15F3N2O2. The van der Waals surface area contributed by atoms with E-state index in [9.17, 15) is 18.0 Å². The van der Waals surface area contributed by atoms with Crippen molar-refractivity contribution in [1.82, 2.24) is 4.90 Å². The monoisotopic (exact) mass is 288 g/mol. The molecule has 1 aliphatic heterocycles. The highest BCUT2D eigenvalue weighted by Crippen LogP contribution is 2.29. The Labute approximate surface area is 114 Å². The number of hydrogen-bond acceptors (Lipinski definition) is 3. The zero-order valence-corrected chi connectivity index (χ0v) is 10.7. The van der Waals surface area contributed by atoms with Crippen molar-refractivity contribution in [2.75, 3.05) is 26.2 Å². The first-order valence-electron chi connectivity index (χ1n) is 6.20. The first-order chi connectivity index (χ1) is 9.41. The minimum atomic E-state index is -4.46. The Kier molecular flexibility index (Phi) is 4.29. The molecule has 2 rings (SSSR count). The highest BCUT2D eigenvalue weighted by molar-refractivity contribution is 5.94. The number of nitrogens with zero attached hydrogens (tertiary/aromatic N) is 1. The molecule has 1 aromatic rings. The largest absolute Gasteiger partial charge is 0.416 e. The summed E-state index contributed by atoms with van der Waals surface area (Å²) in [6.07, 6.45) is -4.72. The number of nitrogens with two attached hydrogens (primary N) is 1. The van der Waals surface area contributed by atoms with Crippen LogP contribution in [0, 0.1) is 0 Å². The van der Waals surface area contributed by atoms with Crippen LogP contribution in [0.3, 0.4) is 0 Å². The van der Waals surface area contributed by atoms with Gasteiger partial charge in [0.25, 0.3) is 5.91 Å². The summed E-state index contributed by atoms with van der Waals surface area (Å²) in [4.78, 5) is 13.7. The molecule has 1 saturated heterocycles. The smallest absolute Gasteiger partial charge is 0.373 e. The Hall–Kier alpha value is -1.60. The zero-order chi connectivity index (χ0) is 14.8. The highest BCUT2D eigenvalue weighted by Gasteiger charge is 2.32. The van der Waals surface area contributed by atoms with Gasteiger partial charge >= 0.3 is 6.18 Å². The summed E-state index contributed by atoms with van der Waals surface area (Å²) in [7, 11) is 0. The lowest BCUT2D eigenvalue weighted by molar-refractivity contribution is -0.137. The Morgan fingerprint density at radius 2 is 2.20 bits per heavy atom. The first kappa shape index (κ1) is 14.8. The number of rotatable bonds is 2. The van der Waals surface area contributed by atoms with E-state index in [1.165, 1.54) is 17.0 Å². The van der Waals surface area contributed by atoms with Crippen LogP contribution in [0.1, 0.15) is 15.9 Å². The van der Waals surface area contributed by atoms with Gasteiger partial charge in [-0.25, -0.2) is 0 Å². The lowest BCUT2D eigenvalue weighted by Crippen LogP contribution is -2.48. The lowest BCUT2D eigenvalue weighted by atomic mass is 10.1. The van der Waals surface area contributed by atoms with Crippen LogP contribution in [0.2, 0.25) is 0 Å². The minimum Gasteiger partial charge on any atom is -0.373 e. The fourth-order valence-corrected chi connectivity index (χ4v) is 2.06. The van der Waals surface area contributed by atoms with Crippen molar-refractivity contribution in [3.05, 3.63) is 35.4 Å². The van der Waals surface area contributed by atoms with E-state index in [-0.39, 0.29) is 18.2 Å². The molecule has 0 aromatic heterocycles. The second kappa shape index (κ2) is 5.80. The molecule has 7 heteroatoms. The number of alkyl halides is 3. The molecule has 1 heterocycles. The molecule has 0 bridgehead atoms. The first-order valence-corrected chi connectivity index (χ1v) is 6.20. The summed E-state index contributed by atoms with van der Waals surface area (Å²) >= 11 is 0. The number of benzene rings is 1. The fourth-order valence-electron chi connectivity index (χ4n) is 2.06. The van der Waals surface area contributed by atoms with Gasteiger partial charge in [-0.2, -0.15) is 13.2 Å². The van der Waals surface area contributed by atoms with Crippen LogP contribution in [-0.4, -0.2) is 43.2 Å². The Morgan fingerprint density at radius 3 is 2.85 bits per heavy atom. The minimum absolute atomic E-state index is 0.0255. The molecule has 0 spiro atoms. The molecule has 1 atom stereocenters. The number of morpholine rings is 1. The van der Waals surface area contributed by atoms with Crippen molar-refractivity contribution in [1.29, 1.82) is 0 Å². The number of carbonyl (C=O) groups excluding carboxylic acids is 1. The van der Waals surface area contributed by atoms with E-state index in [2.05, 4.69) is 0 Å². The molecule has 4 nitrogen and oxygen atoms in total. The molecule has 0 radical (unpaired) electrons. The van der Waals surface area contributed by atoms with E-state index in [0.717, 1.165) is 12.1 Å². The third kappa shape index (κ3) is 3.29. The second-order valence-corrected chi connectivity index (χ2v) is 4.56. The van der Waals surface area contributed by atoms with E-state index in [0.29, 0.717) is 19.7 Å². The zero-order valence-electron chi connectivity index (χ0n) is 10.7. The van der Waals surface area contributed by atoms with Gasteiger partial charge in [0, 0.05) is 25.2 Å². The number of halogens is 3. The second-order valence-electron chi connectivity index (χ2n) is 4.56. The summed E-state index contributed by atoms with van der Waals surface area (Å²) in [5.41, 5.74) is 4.67. The van der Waals surface area contributed by atoms with Gasteiger partial charge < -0.3 is 15.4 Å². The summed E-state index contributed by atoms with van der Waals surface area (Å²) in [6, 6.07) is 4.43. The molecular weight excluding hydrogens is 273 g/mol. The molecule has 1 amide bonds. The molecule has 1 aromatic carbocycles. The van der Waals surface area contributed by atoms with Crippen LogP contribution in [0.5, 0.6) is 0 Å². The standard InChI is InChI=1S/C13H15F3N2O2/c14-13(15,16)10-3-1-2-9(6-10)12(19)18-4-5-20-11(7-17)8-18/h1-3,6,11H,4-5,7-8,17H2. The molecule has 1 fully saturated rings. The van der Waals surface area contributed by atoms with Crippen molar-refractivity contribution in [2.45, 2.75) is 12.3 Å². The van der Waals surface area contributed by atoms with Gasteiger partial charge in [0.1, 0.15) is 0 Å². The average molecular weight is 288 g/mol. The van der Waals surface area contributed by atoms with Crippen molar-refractivity contribution < 1.29 is 22.7 Å². The molecule has 1 aliphatic rings. The van der Waals surface area contributed by atoms with Gasteiger partial charge in [0.2, 0.25) is 0 Å². The van der Waals surface area contributed by atoms with Gasteiger partial charge in [0.05, 0.1) is 18.3 Å². The summed E-state index contributed by atoms with van der Waals surface area (Å²) in [6.45, 7) is 1.26. The quantitative estimate of drug-likeness (QED) is 0.897. The lowest BCUT2D eigenvalue weighted by Gasteiger charge is -2.32. The third-order valence-electron chi connectivity index (χ3n) is 3.13. The fraction of sp³-hybridized carbons (Fsp3) is 0.462. The Balaban J connectivity index is 2.17. The van der Waals surface area contributed by atoms with E-state index >= 15 is 0 Å². The maximum absolute atomic E-state index is 12.6. The number of ether oxygens (including phenoxy) is 1. The Bertz CT molecular complexity index is 491.